The third kappa shape index (κ3) is 4.74. The van der Waals surface area contributed by atoms with E-state index in [-0.39, 0.29) is 11.5 Å². The Bertz CT molecular complexity index is 404. The van der Waals surface area contributed by atoms with E-state index >= 15 is 0 Å². The highest BCUT2D eigenvalue weighted by atomic mass is 127. The molecule has 0 unspecified atom stereocenters. The SMILES string of the molecule is CCS(=O)(=O)CCNc1ncc(I)cn1. The molecule has 15 heavy (non-hydrogen) atoms. The van der Waals surface area contributed by atoms with Crippen molar-refractivity contribution in [3.63, 3.8) is 0 Å². The molecule has 0 aliphatic carbocycles. The molecule has 0 saturated carbocycles. The first-order chi connectivity index (χ1) is 7.03. The van der Waals surface area contributed by atoms with E-state index in [9.17, 15) is 8.42 Å². The molecule has 1 rings (SSSR count). The normalized spacial score (nSPS) is 11.3. The second-order valence-corrected chi connectivity index (χ2v) is 6.61. The van der Waals surface area contributed by atoms with Crippen molar-refractivity contribution in [2.24, 2.45) is 0 Å². The maximum absolute atomic E-state index is 11.2. The molecule has 0 aromatic carbocycles. The number of aromatic nitrogens is 2. The van der Waals surface area contributed by atoms with Gasteiger partial charge in [-0.3, -0.25) is 0 Å². The minimum absolute atomic E-state index is 0.110. The minimum atomic E-state index is -2.92. The van der Waals surface area contributed by atoms with Crippen molar-refractivity contribution >= 4 is 38.4 Å². The van der Waals surface area contributed by atoms with Crippen LogP contribution in [0.15, 0.2) is 12.4 Å². The van der Waals surface area contributed by atoms with Crippen LogP contribution in [0.5, 0.6) is 0 Å². The Morgan fingerprint density at radius 1 is 1.40 bits per heavy atom. The van der Waals surface area contributed by atoms with Crippen LogP contribution in [-0.4, -0.2) is 36.4 Å². The summed E-state index contributed by atoms with van der Waals surface area (Å²) in [5.74, 6) is 0.739. The molecular weight excluding hydrogens is 329 g/mol. The summed E-state index contributed by atoms with van der Waals surface area (Å²) in [5, 5.41) is 2.86. The number of anilines is 1. The molecule has 0 aliphatic rings. The monoisotopic (exact) mass is 341 g/mol. The lowest BCUT2D eigenvalue weighted by molar-refractivity contribution is 0.597. The van der Waals surface area contributed by atoms with Gasteiger partial charge >= 0.3 is 0 Å². The Morgan fingerprint density at radius 2 is 2.00 bits per heavy atom. The average molecular weight is 341 g/mol. The largest absolute Gasteiger partial charge is 0.353 e. The highest BCUT2D eigenvalue weighted by molar-refractivity contribution is 14.1. The second-order valence-electron chi connectivity index (χ2n) is 2.89. The number of nitrogens with one attached hydrogen (secondary N) is 1. The summed E-state index contributed by atoms with van der Waals surface area (Å²) in [6.07, 6.45) is 3.34. The van der Waals surface area contributed by atoms with Crippen LogP contribution in [-0.2, 0) is 9.84 Å². The zero-order valence-electron chi connectivity index (χ0n) is 8.27. The molecule has 1 N–H and O–H groups in total. The number of sulfone groups is 1. The van der Waals surface area contributed by atoms with Crippen molar-refractivity contribution in [2.75, 3.05) is 23.4 Å². The van der Waals surface area contributed by atoms with Crippen molar-refractivity contribution in [1.29, 1.82) is 0 Å². The maximum atomic E-state index is 11.2. The highest BCUT2D eigenvalue weighted by Crippen LogP contribution is 2.02. The number of hydrogen-bond donors (Lipinski definition) is 1. The van der Waals surface area contributed by atoms with Crippen LogP contribution < -0.4 is 5.32 Å². The molecule has 0 fully saturated rings. The van der Waals surface area contributed by atoms with Crippen LogP contribution >= 0.6 is 22.6 Å². The van der Waals surface area contributed by atoms with Crippen molar-refractivity contribution in [2.45, 2.75) is 6.92 Å². The Morgan fingerprint density at radius 3 is 2.53 bits per heavy atom. The van der Waals surface area contributed by atoms with Gasteiger partial charge in [-0.2, -0.15) is 0 Å². The molecule has 1 heterocycles. The van der Waals surface area contributed by atoms with Crippen molar-refractivity contribution in [3.05, 3.63) is 16.0 Å². The van der Waals surface area contributed by atoms with Gasteiger partial charge in [0.05, 0.1) is 5.75 Å². The summed E-state index contributed by atoms with van der Waals surface area (Å²) < 4.78 is 23.3. The minimum Gasteiger partial charge on any atom is -0.353 e. The first kappa shape index (κ1) is 12.6. The van der Waals surface area contributed by atoms with E-state index in [0.29, 0.717) is 12.5 Å². The molecule has 0 radical (unpaired) electrons. The van der Waals surface area contributed by atoms with E-state index in [1.54, 1.807) is 19.3 Å². The van der Waals surface area contributed by atoms with Crippen LogP contribution in [0.25, 0.3) is 0 Å². The van der Waals surface area contributed by atoms with E-state index in [1.165, 1.54) is 0 Å². The first-order valence-electron chi connectivity index (χ1n) is 4.45. The van der Waals surface area contributed by atoms with Crippen LogP contribution in [0.3, 0.4) is 0 Å². The maximum Gasteiger partial charge on any atom is 0.222 e. The number of nitrogens with zero attached hydrogens (tertiary/aromatic N) is 2. The molecule has 84 valence electrons. The highest BCUT2D eigenvalue weighted by Gasteiger charge is 2.06. The van der Waals surface area contributed by atoms with E-state index in [2.05, 4.69) is 37.9 Å². The average Bonchev–Trinajstić information content (AvgIpc) is 2.21. The molecule has 0 aliphatic heterocycles. The van der Waals surface area contributed by atoms with E-state index in [0.717, 1.165) is 3.57 Å². The lowest BCUT2D eigenvalue weighted by Gasteiger charge is -2.03. The first-order valence-corrected chi connectivity index (χ1v) is 7.35. The Balaban J connectivity index is 2.42. The van der Waals surface area contributed by atoms with Crippen LogP contribution in [0.4, 0.5) is 5.95 Å². The zero-order chi connectivity index (χ0) is 11.3. The molecule has 7 heteroatoms. The summed E-state index contributed by atoms with van der Waals surface area (Å²) in [4.78, 5) is 8.00. The van der Waals surface area contributed by atoms with Crippen LogP contribution in [0.2, 0.25) is 0 Å². The fourth-order valence-corrected chi connectivity index (χ4v) is 1.85. The third-order valence-corrected chi connectivity index (χ3v) is 4.02. The van der Waals surface area contributed by atoms with Gasteiger partial charge in [-0.25, -0.2) is 18.4 Å². The molecule has 1 aromatic rings. The standard InChI is InChI=1S/C8H12IN3O2S/c1-2-15(13,14)4-3-10-8-11-5-7(9)6-12-8/h5-6H,2-4H2,1H3,(H,10,11,12). The van der Waals surface area contributed by atoms with Crippen molar-refractivity contribution in [1.82, 2.24) is 9.97 Å². The predicted octanol–water partition coefficient (Wildman–Crippen LogP) is 0.928. The number of halogens is 1. The Labute approximate surface area is 103 Å². The molecule has 5 nitrogen and oxygen atoms in total. The lowest BCUT2D eigenvalue weighted by atomic mass is 10.6. The second kappa shape index (κ2) is 5.59. The van der Waals surface area contributed by atoms with Gasteiger partial charge in [-0.15, -0.1) is 0 Å². The van der Waals surface area contributed by atoms with Crippen LogP contribution in [0.1, 0.15) is 6.92 Å². The van der Waals surface area contributed by atoms with Gasteiger partial charge in [0, 0.05) is 28.3 Å². The van der Waals surface area contributed by atoms with Gasteiger partial charge < -0.3 is 5.32 Å². The number of rotatable bonds is 5. The van der Waals surface area contributed by atoms with Gasteiger partial charge in [0.15, 0.2) is 9.84 Å². The Hall–Kier alpha value is -0.440. The summed E-state index contributed by atoms with van der Waals surface area (Å²) in [6, 6.07) is 0. The summed E-state index contributed by atoms with van der Waals surface area (Å²) >= 11 is 2.10. The smallest absolute Gasteiger partial charge is 0.222 e. The van der Waals surface area contributed by atoms with E-state index < -0.39 is 9.84 Å². The molecule has 0 atom stereocenters. The summed E-state index contributed by atoms with van der Waals surface area (Å²) in [7, 11) is -2.92. The van der Waals surface area contributed by atoms with E-state index in [4.69, 9.17) is 0 Å². The van der Waals surface area contributed by atoms with Crippen molar-refractivity contribution in [3.8, 4) is 0 Å². The summed E-state index contributed by atoms with van der Waals surface area (Å²) in [6.45, 7) is 1.98. The topological polar surface area (TPSA) is 72.0 Å². The quantitative estimate of drug-likeness (QED) is 0.807. The van der Waals surface area contributed by atoms with Gasteiger partial charge in [-0.1, -0.05) is 6.92 Å². The fraction of sp³-hybridized carbons (Fsp3) is 0.500. The van der Waals surface area contributed by atoms with Crippen LogP contribution in [0, 0.1) is 3.57 Å². The molecule has 1 aromatic heterocycles. The Kier molecular flexibility index (Phi) is 4.71. The molecule has 0 amide bonds. The summed E-state index contributed by atoms with van der Waals surface area (Å²) in [5.41, 5.74) is 0. The molecule has 0 bridgehead atoms. The molecule has 0 spiro atoms. The van der Waals surface area contributed by atoms with E-state index in [1.807, 2.05) is 0 Å². The van der Waals surface area contributed by atoms with Gasteiger partial charge in [0.1, 0.15) is 0 Å². The van der Waals surface area contributed by atoms with Crippen molar-refractivity contribution < 1.29 is 8.42 Å². The zero-order valence-corrected chi connectivity index (χ0v) is 11.2. The molecule has 0 saturated heterocycles. The van der Waals surface area contributed by atoms with Gasteiger partial charge in [0.25, 0.3) is 0 Å². The predicted molar refractivity (Wildman–Crippen MR) is 67.6 cm³/mol. The third-order valence-electron chi connectivity index (χ3n) is 1.76. The fourth-order valence-electron chi connectivity index (χ4n) is 0.866. The van der Waals surface area contributed by atoms with Gasteiger partial charge in [-0.05, 0) is 22.6 Å². The lowest BCUT2D eigenvalue weighted by Crippen LogP contribution is -2.18. The van der Waals surface area contributed by atoms with Gasteiger partial charge in [0.2, 0.25) is 5.95 Å². The number of hydrogen-bond acceptors (Lipinski definition) is 5. The molecular formula is C8H12IN3O2S.